The first-order valence-electron chi connectivity index (χ1n) is 6.66. The van der Waals surface area contributed by atoms with Gasteiger partial charge in [0.1, 0.15) is 6.54 Å². The van der Waals surface area contributed by atoms with Crippen molar-refractivity contribution < 1.29 is 4.79 Å². The van der Waals surface area contributed by atoms with Crippen molar-refractivity contribution in [2.45, 2.75) is 26.9 Å². The maximum atomic E-state index is 12.3. The molecule has 0 saturated carbocycles. The number of hydrogen-bond acceptors (Lipinski definition) is 3. The number of anilines is 1. The van der Waals surface area contributed by atoms with Crippen LogP contribution < -0.4 is 5.73 Å². The summed E-state index contributed by atoms with van der Waals surface area (Å²) in [6.07, 6.45) is 0. The smallest absolute Gasteiger partial charge is 0.244 e. The van der Waals surface area contributed by atoms with Crippen LogP contribution in [-0.4, -0.2) is 27.6 Å². The van der Waals surface area contributed by atoms with Crippen LogP contribution in [0.25, 0.3) is 0 Å². The fourth-order valence-corrected chi connectivity index (χ4v) is 2.56. The Morgan fingerprint density at radius 3 is 2.71 bits per heavy atom. The zero-order valence-corrected chi connectivity index (χ0v) is 14.0. The van der Waals surface area contributed by atoms with Gasteiger partial charge in [0.2, 0.25) is 5.91 Å². The van der Waals surface area contributed by atoms with Crippen LogP contribution in [0.2, 0.25) is 0 Å². The molecule has 21 heavy (non-hydrogen) atoms. The normalized spacial score (nSPS) is 10.7. The van der Waals surface area contributed by atoms with Gasteiger partial charge in [0.25, 0.3) is 0 Å². The fourth-order valence-electron chi connectivity index (χ4n) is 2.11. The van der Waals surface area contributed by atoms with Gasteiger partial charge < -0.3 is 10.6 Å². The lowest BCUT2D eigenvalue weighted by Crippen LogP contribution is -2.30. The molecular weight excluding hydrogens is 332 g/mol. The number of amides is 1. The van der Waals surface area contributed by atoms with Gasteiger partial charge in [0.15, 0.2) is 0 Å². The molecule has 2 aromatic rings. The van der Waals surface area contributed by atoms with Crippen molar-refractivity contribution in [2.75, 3.05) is 12.8 Å². The number of rotatable bonds is 4. The highest BCUT2D eigenvalue weighted by molar-refractivity contribution is 9.10. The summed E-state index contributed by atoms with van der Waals surface area (Å²) in [5.41, 5.74) is 9.20. The van der Waals surface area contributed by atoms with Crippen LogP contribution in [0.5, 0.6) is 0 Å². The lowest BCUT2D eigenvalue weighted by molar-refractivity contribution is -0.131. The predicted octanol–water partition coefficient (Wildman–Crippen LogP) is 2.50. The van der Waals surface area contributed by atoms with Gasteiger partial charge in [-0.1, -0.05) is 28.1 Å². The highest BCUT2D eigenvalue weighted by Crippen LogP contribution is 2.16. The molecule has 0 aliphatic heterocycles. The molecular formula is C15H19BrN4O. The molecule has 112 valence electrons. The molecule has 6 heteroatoms. The van der Waals surface area contributed by atoms with Gasteiger partial charge in [-0.2, -0.15) is 5.10 Å². The van der Waals surface area contributed by atoms with E-state index in [4.69, 9.17) is 5.73 Å². The lowest BCUT2D eigenvalue weighted by atomic mass is 10.2. The maximum Gasteiger partial charge on any atom is 0.244 e. The van der Waals surface area contributed by atoms with E-state index in [1.54, 1.807) is 16.6 Å². The highest BCUT2D eigenvalue weighted by atomic mass is 79.9. The summed E-state index contributed by atoms with van der Waals surface area (Å²) in [4.78, 5) is 14.0. The Morgan fingerprint density at radius 1 is 1.43 bits per heavy atom. The molecule has 1 amide bonds. The summed E-state index contributed by atoms with van der Waals surface area (Å²) in [7, 11) is 1.79. The highest BCUT2D eigenvalue weighted by Gasteiger charge is 2.14. The SMILES string of the molecule is Cc1nn(CC(=O)N(C)Cc2cccc(Br)c2)c(C)c1N. The zero-order chi connectivity index (χ0) is 15.6. The van der Waals surface area contributed by atoms with Gasteiger partial charge >= 0.3 is 0 Å². The van der Waals surface area contributed by atoms with Gasteiger partial charge in [-0.3, -0.25) is 9.48 Å². The van der Waals surface area contributed by atoms with Crippen LogP contribution >= 0.6 is 15.9 Å². The second kappa shape index (κ2) is 6.30. The van der Waals surface area contributed by atoms with Gasteiger partial charge in [-0.25, -0.2) is 0 Å². The van der Waals surface area contributed by atoms with Gasteiger partial charge in [-0.15, -0.1) is 0 Å². The van der Waals surface area contributed by atoms with E-state index in [0.29, 0.717) is 12.2 Å². The first-order valence-corrected chi connectivity index (χ1v) is 7.45. The van der Waals surface area contributed by atoms with Crippen molar-refractivity contribution in [2.24, 2.45) is 0 Å². The van der Waals surface area contributed by atoms with E-state index >= 15 is 0 Å². The number of aryl methyl sites for hydroxylation is 1. The minimum atomic E-state index is 0.000533. The Hall–Kier alpha value is -1.82. The van der Waals surface area contributed by atoms with Crippen molar-refractivity contribution in [3.8, 4) is 0 Å². The van der Waals surface area contributed by atoms with E-state index in [0.717, 1.165) is 21.4 Å². The van der Waals surface area contributed by atoms with E-state index < -0.39 is 0 Å². The van der Waals surface area contributed by atoms with Crippen molar-refractivity contribution in [3.63, 3.8) is 0 Å². The number of nitrogen functional groups attached to an aromatic ring is 1. The molecule has 0 bridgehead atoms. The van der Waals surface area contributed by atoms with Crippen LogP contribution in [0.15, 0.2) is 28.7 Å². The van der Waals surface area contributed by atoms with E-state index in [1.165, 1.54) is 0 Å². The molecule has 0 spiro atoms. The molecule has 1 aromatic heterocycles. The molecule has 0 atom stereocenters. The van der Waals surface area contributed by atoms with E-state index in [-0.39, 0.29) is 12.5 Å². The van der Waals surface area contributed by atoms with Gasteiger partial charge in [0, 0.05) is 18.1 Å². The number of halogens is 1. The second-order valence-electron chi connectivity index (χ2n) is 5.12. The molecule has 1 heterocycles. The molecule has 0 aliphatic rings. The third-order valence-corrected chi connectivity index (χ3v) is 3.95. The fraction of sp³-hybridized carbons (Fsp3) is 0.333. The summed E-state index contributed by atoms with van der Waals surface area (Å²) < 4.78 is 2.66. The van der Waals surface area contributed by atoms with Crippen molar-refractivity contribution in [1.29, 1.82) is 0 Å². The van der Waals surface area contributed by atoms with Crippen molar-refractivity contribution in [1.82, 2.24) is 14.7 Å². The first kappa shape index (κ1) is 15.6. The standard InChI is InChI=1S/C15H19BrN4O/c1-10-15(17)11(2)20(18-10)9-14(21)19(3)8-12-5-4-6-13(16)7-12/h4-7H,8-9,17H2,1-3H3. The lowest BCUT2D eigenvalue weighted by Gasteiger charge is -2.18. The molecule has 0 fully saturated rings. The molecule has 0 saturated heterocycles. The molecule has 0 radical (unpaired) electrons. The molecule has 2 rings (SSSR count). The second-order valence-corrected chi connectivity index (χ2v) is 6.04. The summed E-state index contributed by atoms with van der Waals surface area (Å²) in [6.45, 7) is 4.48. The minimum absolute atomic E-state index is 0.000533. The molecule has 0 unspecified atom stereocenters. The van der Waals surface area contributed by atoms with Crippen LogP contribution in [-0.2, 0) is 17.9 Å². The first-order chi connectivity index (χ1) is 9.88. The molecule has 1 aromatic carbocycles. The zero-order valence-electron chi connectivity index (χ0n) is 12.4. The van der Waals surface area contributed by atoms with Gasteiger partial charge in [-0.05, 0) is 31.5 Å². The largest absolute Gasteiger partial charge is 0.396 e. The van der Waals surface area contributed by atoms with Crippen LogP contribution in [0.4, 0.5) is 5.69 Å². The number of nitrogens with zero attached hydrogens (tertiary/aromatic N) is 3. The average Bonchev–Trinajstić information content (AvgIpc) is 2.66. The number of carbonyl (C=O) groups excluding carboxylic acids is 1. The summed E-state index contributed by atoms with van der Waals surface area (Å²) in [6, 6.07) is 7.92. The van der Waals surface area contributed by atoms with E-state index in [9.17, 15) is 4.79 Å². The third kappa shape index (κ3) is 3.64. The van der Waals surface area contributed by atoms with Crippen LogP contribution in [0.3, 0.4) is 0 Å². The molecule has 0 aliphatic carbocycles. The molecule has 5 nitrogen and oxygen atoms in total. The van der Waals surface area contributed by atoms with Gasteiger partial charge in [0.05, 0.1) is 17.1 Å². The topological polar surface area (TPSA) is 64.2 Å². The summed E-state index contributed by atoms with van der Waals surface area (Å²) in [5, 5.41) is 4.29. The summed E-state index contributed by atoms with van der Waals surface area (Å²) in [5.74, 6) is 0.000533. The Balaban J connectivity index is 2.04. The predicted molar refractivity (Wildman–Crippen MR) is 86.7 cm³/mol. The summed E-state index contributed by atoms with van der Waals surface area (Å²) >= 11 is 3.43. The van der Waals surface area contributed by atoms with Crippen LogP contribution in [0, 0.1) is 13.8 Å². The quantitative estimate of drug-likeness (QED) is 0.921. The average molecular weight is 351 g/mol. The minimum Gasteiger partial charge on any atom is -0.396 e. The Morgan fingerprint density at radius 2 is 2.14 bits per heavy atom. The number of benzene rings is 1. The van der Waals surface area contributed by atoms with Crippen molar-refractivity contribution >= 4 is 27.5 Å². The number of hydrogen-bond donors (Lipinski definition) is 1. The molecule has 2 N–H and O–H groups in total. The number of aromatic nitrogens is 2. The Labute approximate surface area is 132 Å². The number of nitrogens with two attached hydrogens (primary N) is 1. The monoisotopic (exact) mass is 350 g/mol. The van der Waals surface area contributed by atoms with E-state index in [1.807, 2.05) is 38.1 Å². The Kier molecular flexibility index (Phi) is 4.67. The van der Waals surface area contributed by atoms with Crippen LogP contribution in [0.1, 0.15) is 17.0 Å². The third-order valence-electron chi connectivity index (χ3n) is 3.46. The van der Waals surface area contributed by atoms with E-state index in [2.05, 4.69) is 21.0 Å². The number of likely N-dealkylation sites (N-methyl/N-ethyl adjacent to an activating group) is 1. The maximum absolute atomic E-state index is 12.3. The van der Waals surface area contributed by atoms with Crippen molar-refractivity contribution in [3.05, 3.63) is 45.7 Å². The number of carbonyl (C=O) groups is 1. The Bertz CT molecular complexity index is 666.